The van der Waals surface area contributed by atoms with Crippen molar-refractivity contribution in [3.8, 4) is 17.6 Å². The number of fused-ring (bicyclic) bond motifs is 1. The summed E-state index contributed by atoms with van der Waals surface area (Å²) >= 11 is 0. The van der Waals surface area contributed by atoms with Crippen molar-refractivity contribution in [2.45, 2.75) is 38.6 Å². The van der Waals surface area contributed by atoms with Gasteiger partial charge in [0, 0.05) is 37.1 Å². The molecule has 3 aromatic rings. The highest BCUT2D eigenvalue weighted by Gasteiger charge is 2.25. The lowest BCUT2D eigenvalue weighted by Gasteiger charge is -2.14. The summed E-state index contributed by atoms with van der Waals surface area (Å²) in [6.07, 6.45) is 12.0. The van der Waals surface area contributed by atoms with E-state index >= 15 is 0 Å². The lowest BCUT2D eigenvalue weighted by molar-refractivity contribution is 0.0697. The van der Waals surface area contributed by atoms with Crippen LogP contribution in [0.15, 0.2) is 36.8 Å². The van der Waals surface area contributed by atoms with Crippen LogP contribution in [-0.2, 0) is 6.42 Å². The quantitative estimate of drug-likeness (QED) is 0.643. The minimum Gasteiger partial charge on any atom is -0.478 e. The molecule has 0 bridgehead atoms. The van der Waals surface area contributed by atoms with Crippen molar-refractivity contribution in [2.24, 2.45) is 0 Å². The van der Waals surface area contributed by atoms with E-state index in [4.69, 9.17) is 0 Å². The number of hydrogen-bond acceptors (Lipinski definition) is 5. The number of hydrogen-bond donors (Lipinski definition) is 1. The number of nitriles is 1. The number of pyridine rings is 2. The topological polar surface area (TPSA) is 95.0 Å². The van der Waals surface area contributed by atoms with Crippen molar-refractivity contribution in [1.82, 2.24) is 19.4 Å². The van der Waals surface area contributed by atoms with Crippen LogP contribution in [0.3, 0.4) is 0 Å². The van der Waals surface area contributed by atoms with Crippen LogP contribution in [0.1, 0.15) is 48.1 Å². The highest BCUT2D eigenvalue weighted by atomic mass is 16.4. The van der Waals surface area contributed by atoms with Gasteiger partial charge in [0.2, 0.25) is 0 Å². The first kappa shape index (κ1) is 18.9. The number of carbonyl (C=O) groups is 1. The summed E-state index contributed by atoms with van der Waals surface area (Å²) < 4.78 is 2.27. The van der Waals surface area contributed by atoms with E-state index in [1.165, 1.54) is 17.8 Å². The van der Waals surface area contributed by atoms with Crippen molar-refractivity contribution in [3.05, 3.63) is 47.9 Å². The molecule has 7 heteroatoms. The van der Waals surface area contributed by atoms with Crippen molar-refractivity contribution < 1.29 is 9.90 Å². The molecule has 1 aliphatic heterocycles. The molecule has 4 rings (SSSR count). The van der Waals surface area contributed by atoms with E-state index in [1.807, 2.05) is 12.3 Å². The molecule has 7 nitrogen and oxygen atoms in total. The Hall–Kier alpha value is -3.40. The summed E-state index contributed by atoms with van der Waals surface area (Å²) in [5.74, 6) is -0.984. The van der Waals surface area contributed by atoms with Gasteiger partial charge in [-0.25, -0.2) is 4.79 Å². The molecule has 29 heavy (non-hydrogen) atoms. The van der Waals surface area contributed by atoms with Crippen molar-refractivity contribution in [3.63, 3.8) is 0 Å². The van der Waals surface area contributed by atoms with Gasteiger partial charge in [-0.1, -0.05) is 13.3 Å². The smallest absolute Gasteiger partial charge is 0.335 e. The first-order valence-electron chi connectivity index (χ1n) is 9.94. The number of rotatable bonds is 6. The molecule has 0 aromatic carbocycles. The summed E-state index contributed by atoms with van der Waals surface area (Å²) in [5.41, 5.74) is 3.71. The molecular formula is C22H23N5O2. The predicted molar refractivity (Wildman–Crippen MR) is 109 cm³/mol. The number of aryl methyl sites for hydroxylation is 1. The zero-order chi connectivity index (χ0) is 20.4. The minimum absolute atomic E-state index is 0.191. The fraction of sp³-hybridized carbons (Fsp3) is 0.364. The van der Waals surface area contributed by atoms with Gasteiger partial charge in [0.25, 0.3) is 0 Å². The fourth-order valence-corrected chi connectivity index (χ4v) is 3.98. The van der Waals surface area contributed by atoms with Gasteiger partial charge in [-0.15, -0.1) is 0 Å². The molecule has 0 aliphatic carbocycles. The highest BCUT2D eigenvalue weighted by Crippen LogP contribution is 2.32. The first-order valence-corrected chi connectivity index (χ1v) is 9.94. The molecule has 4 heterocycles. The van der Waals surface area contributed by atoms with Gasteiger partial charge < -0.3 is 14.6 Å². The molecule has 148 valence electrons. The fourth-order valence-electron chi connectivity index (χ4n) is 3.98. The minimum atomic E-state index is -0.984. The number of aromatic nitrogens is 3. The second-order valence-corrected chi connectivity index (χ2v) is 7.48. The second-order valence-electron chi connectivity index (χ2n) is 7.48. The van der Waals surface area contributed by atoms with Crippen molar-refractivity contribution in [2.75, 3.05) is 13.1 Å². The van der Waals surface area contributed by atoms with Crippen LogP contribution in [0.25, 0.3) is 22.3 Å². The molecule has 1 fully saturated rings. The Kier molecular flexibility index (Phi) is 5.17. The summed E-state index contributed by atoms with van der Waals surface area (Å²) in [6.45, 7) is 3.65. The molecule has 3 aromatic heterocycles. The summed E-state index contributed by atoms with van der Waals surface area (Å²) in [6, 6.07) is 5.26. The first-order chi connectivity index (χ1) is 14.1. The lowest BCUT2D eigenvalue weighted by atomic mass is 10.1. The molecule has 1 N–H and O–H groups in total. The van der Waals surface area contributed by atoms with Gasteiger partial charge in [0.15, 0.2) is 6.19 Å². The Morgan fingerprint density at radius 3 is 2.90 bits per heavy atom. The standard InChI is InChI=1S/C22H23N5O2/c1-2-3-4-16-12-27(17-6-8-26(13-17)14-23)21-10-20(25-11-18(16)21)19-9-15(22(28)29)5-7-24-19/h5,7,9-12,17H,2-4,6,8,13H2,1H3,(H,28,29). The maximum atomic E-state index is 11.3. The molecule has 0 saturated carbocycles. The van der Waals surface area contributed by atoms with Gasteiger partial charge >= 0.3 is 5.97 Å². The van der Waals surface area contributed by atoms with E-state index in [0.717, 1.165) is 43.1 Å². The van der Waals surface area contributed by atoms with Gasteiger partial charge in [-0.2, -0.15) is 5.26 Å². The van der Waals surface area contributed by atoms with Crippen LogP contribution < -0.4 is 0 Å². The summed E-state index contributed by atoms with van der Waals surface area (Å²) in [4.78, 5) is 22.0. The van der Waals surface area contributed by atoms with E-state index in [2.05, 4.69) is 33.8 Å². The largest absolute Gasteiger partial charge is 0.478 e. The Labute approximate surface area is 169 Å². The number of carboxylic acids is 1. The number of nitrogens with zero attached hydrogens (tertiary/aromatic N) is 5. The summed E-state index contributed by atoms with van der Waals surface area (Å²) in [5, 5.41) is 19.6. The molecular weight excluding hydrogens is 366 g/mol. The molecule has 1 saturated heterocycles. The van der Waals surface area contributed by atoms with Crippen LogP contribution >= 0.6 is 0 Å². The summed E-state index contributed by atoms with van der Waals surface area (Å²) in [7, 11) is 0. The van der Waals surface area contributed by atoms with Gasteiger partial charge in [0.05, 0.1) is 28.5 Å². The second kappa shape index (κ2) is 7.92. The molecule has 0 amide bonds. The van der Waals surface area contributed by atoms with Gasteiger partial charge in [0.1, 0.15) is 0 Å². The third-order valence-electron chi connectivity index (χ3n) is 5.57. The Morgan fingerprint density at radius 1 is 1.34 bits per heavy atom. The van der Waals surface area contributed by atoms with E-state index in [9.17, 15) is 15.2 Å². The lowest BCUT2D eigenvalue weighted by Crippen LogP contribution is -2.15. The van der Waals surface area contributed by atoms with E-state index in [0.29, 0.717) is 17.9 Å². The molecule has 1 unspecified atom stereocenters. The average Bonchev–Trinajstić information content (AvgIpc) is 3.36. The maximum Gasteiger partial charge on any atom is 0.335 e. The normalized spacial score (nSPS) is 16.3. The molecule has 0 radical (unpaired) electrons. The third kappa shape index (κ3) is 3.66. The average molecular weight is 389 g/mol. The molecule has 0 spiro atoms. The number of carboxylic acid groups (broad SMARTS) is 1. The monoisotopic (exact) mass is 389 g/mol. The Bertz CT molecular complexity index is 1100. The van der Waals surface area contributed by atoms with Gasteiger partial charge in [-0.3, -0.25) is 9.97 Å². The van der Waals surface area contributed by atoms with Crippen LogP contribution in [-0.4, -0.2) is 43.6 Å². The van der Waals surface area contributed by atoms with Crippen LogP contribution in [0.5, 0.6) is 0 Å². The number of unbranched alkanes of at least 4 members (excludes halogenated alkanes) is 1. The van der Waals surface area contributed by atoms with Crippen molar-refractivity contribution >= 4 is 16.9 Å². The zero-order valence-electron chi connectivity index (χ0n) is 16.4. The third-order valence-corrected chi connectivity index (χ3v) is 5.57. The van der Waals surface area contributed by atoms with Gasteiger partial charge in [-0.05, 0) is 43.0 Å². The zero-order valence-corrected chi connectivity index (χ0v) is 16.4. The molecule has 1 atom stereocenters. The van der Waals surface area contributed by atoms with Crippen LogP contribution in [0.4, 0.5) is 0 Å². The molecule has 1 aliphatic rings. The number of aromatic carboxylic acids is 1. The van der Waals surface area contributed by atoms with Crippen LogP contribution in [0, 0.1) is 11.5 Å². The highest BCUT2D eigenvalue weighted by molar-refractivity contribution is 5.90. The Balaban J connectivity index is 1.80. The van der Waals surface area contributed by atoms with Crippen molar-refractivity contribution in [1.29, 1.82) is 5.26 Å². The van der Waals surface area contributed by atoms with Crippen LogP contribution in [0.2, 0.25) is 0 Å². The van der Waals surface area contributed by atoms with E-state index in [1.54, 1.807) is 11.0 Å². The van der Waals surface area contributed by atoms with E-state index in [-0.39, 0.29) is 11.6 Å². The SMILES string of the molecule is CCCCc1cn(C2CCN(C#N)C2)c2cc(-c3cc(C(=O)O)ccn3)ncc12. The maximum absolute atomic E-state index is 11.3. The predicted octanol–water partition coefficient (Wildman–Crippen LogP) is 3.87. The Morgan fingerprint density at radius 2 is 2.17 bits per heavy atom. The number of likely N-dealkylation sites (tertiary alicyclic amines) is 1. The van der Waals surface area contributed by atoms with E-state index < -0.39 is 5.97 Å².